The van der Waals surface area contributed by atoms with E-state index in [2.05, 4.69) is 0 Å². The van der Waals surface area contributed by atoms with Gasteiger partial charge < -0.3 is 21.7 Å². The van der Waals surface area contributed by atoms with E-state index in [1.54, 1.807) is 0 Å². The molecular formula is C7H18N2O2. The maximum Gasteiger partial charge on any atom is 0.0576 e. The van der Waals surface area contributed by atoms with Gasteiger partial charge in [0, 0.05) is 0 Å². The number of rotatable bonds is 6. The summed E-state index contributed by atoms with van der Waals surface area (Å²) in [5.74, 6) is 0. The predicted octanol–water partition coefficient (Wildman–Crippen LogP) is -1.20. The van der Waals surface area contributed by atoms with Crippen molar-refractivity contribution in [3.63, 3.8) is 0 Å². The Kier molecular flexibility index (Phi) is 6.45. The first-order valence-electron chi connectivity index (χ1n) is 3.97. The van der Waals surface area contributed by atoms with Crippen LogP contribution in [0.25, 0.3) is 0 Å². The van der Waals surface area contributed by atoms with Crippen LogP contribution in [0.2, 0.25) is 0 Å². The second kappa shape index (κ2) is 6.54. The Morgan fingerprint density at radius 2 is 1.27 bits per heavy atom. The fraction of sp³-hybridized carbons (Fsp3) is 1.00. The van der Waals surface area contributed by atoms with Crippen molar-refractivity contribution in [2.45, 2.75) is 31.5 Å². The van der Waals surface area contributed by atoms with E-state index in [1.807, 2.05) is 0 Å². The van der Waals surface area contributed by atoms with E-state index in [4.69, 9.17) is 21.7 Å². The van der Waals surface area contributed by atoms with Crippen LogP contribution in [0.5, 0.6) is 0 Å². The molecule has 68 valence electrons. The molecule has 0 aliphatic rings. The number of hydrogen-bond acceptors (Lipinski definition) is 4. The molecule has 0 bridgehead atoms. The molecule has 6 N–H and O–H groups in total. The molecular weight excluding hydrogens is 144 g/mol. The molecule has 0 aromatic rings. The highest BCUT2D eigenvalue weighted by Gasteiger charge is 2.09. The van der Waals surface area contributed by atoms with Crippen LogP contribution in [0.15, 0.2) is 0 Å². The summed E-state index contributed by atoms with van der Waals surface area (Å²) < 4.78 is 0. The van der Waals surface area contributed by atoms with Gasteiger partial charge in [0.25, 0.3) is 0 Å². The highest BCUT2D eigenvalue weighted by Crippen LogP contribution is 2.03. The number of nitrogens with two attached hydrogens (primary N) is 2. The smallest absolute Gasteiger partial charge is 0.0576 e. The van der Waals surface area contributed by atoms with Gasteiger partial charge in [-0.05, 0) is 32.4 Å². The summed E-state index contributed by atoms with van der Waals surface area (Å²) in [6.45, 7) is 0.910. The van der Waals surface area contributed by atoms with E-state index in [1.165, 1.54) is 0 Å². The van der Waals surface area contributed by atoms with Crippen LogP contribution < -0.4 is 11.5 Å². The van der Waals surface area contributed by atoms with Crippen molar-refractivity contribution in [3.05, 3.63) is 0 Å². The molecule has 0 aliphatic carbocycles. The molecule has 0 saturated heterocycles. The summed E-state index contributed by atoms with van der Waals surface area (Å²) in [4.78, 5) is 0. The Labute approximate surface area is 67.2 Å². The maximum absolute atomic E-state index is 9.17. The lowest BCUT2D eigenvalue weighted by Crippen LogP contribution is -2.22. The molecule has 4 nitrogen and oxygen atoms in total. The van der Waals surface area contributed by atoms with E-state index in [0.717, 1.165) is 0 Å². The van der Waals surface area contributed by atoms with Crippen molar-refractivity contribution in [1.29, 1.82) is 0 Å². The van der Waals surface area contributed by atoms with E-state index >= 15 is 0 Å². The van der Waals surface area contributed by atoms with Gasteiger partial charge >= 0.3 is 0 Å². The molecule has 2 unspecified atom stereocenters. The number of hydrogen-bond donors (Lipinski definition) is 4. The summed E-state index contributed by atoms with van der Waals surface area (Å²) in [5, 5.41) is 18.3. The van der Waals surface area contributed by atoms with Crippen molar-refractivity contribution in [2.24, 2.45) is 11.5 Å². The minimum absolute atomic E-state index is 0.383. The summed E-state index contributed by atoms with van der Waals surface area (Å²) in [7, 11) is 0. The highest BCUT2D eigenvalue weighted by atomic mass is 16.3. The zero-order valence-electron chi connectivity index (χ0n) is 6.74. The largest absolute Gasteiger partial charge is 0.393 e. The maximum atomic E-state index is 9.17. The third kappa shape index (κ3) is 6.25. The average Bonchev–Trinajstić information content (AvgIpc) is 1.87. The first kappa shape index (κ1) is 10.8. The van der Waals surface area contributed by atoms with E-state index in [9.17, 15) is 0 Å². The summed E-state index contributed by atoms with van der Waals surface area (Å²) in [6.07, 6.45) is 0.501. The normalized spacial score (nSPS) is 16.4. The Bertz CT molecular complexity index is 80.5. The minimum Gasteiger partial charge on any atom is -0.393 e. The summed E-state index contributed by atoms with van der Waals surface area (Å²) in [5.41, 5.74) is 10.4. The summed E-state index contributed by atoms with van der Waals surface area (Å²) in [6, 6.07) is 0. The van der Waals surface area contributed by atoms with Crippen molar-refractivity contribution < 1.29 is 10.2 Å². The number of aliphatic hydroxyl groups excluding tert-OH is 2. The van der Waals surface area contributed by atoms with Crippen LogP contribution in [-0.4, -0.2) is 35.5 Å². The van der Waals surface area contributed by atoms with E-state index in [0.29, 0.717) is 32.4 Å². The first-order valence-corrected chi connectivity index (χ1v) is 3.97. The monoisotopic (exact) mass is 162 g/mol. The Balaban J connectivity index is 3.32. The van der Waals surface area contributed by atoms with Crippen molar-refractivity contribution in [1.82, 2.24) is 0 Å². The fourth-order valence-corrected chi connectivity index (χ4v) is 0.935. The molecule has 0 saturated carbocycles. The van der Waals surface area contributed by atoms with E-state index < -0.39 is 12.2 Å². The molecule has 0 aromatic heterocycles. The van der Waals surface area contributed by atoms with Crippen molar-refractivity contribution >= 4 is 0 Å². The van der Waals surface area contributed by atoms with Crippen LogP contribution in [0.1, 0.15) is 19.3 Å². The van der Waals surface area contributed by atoms with Gasteiger partial charge in [-0.2, -0.15) is 0 Å². The van der Waals surface area contributed by atoms with Crippen LogP contribution in [0.3, 0.4) is 0 Å². The van der Waals surface area contributed by atoms with Gasteiger partial charge in [0.05, 0.1) is 12.2 Å². The third-order valence-corrected chi connectivity index (χ3v) is 1.54. The predicted molar refractivity (Wildman–Crippen MR) is 44.0 cm³/mol. The van der Waals surface area contributed by atoms with Gasteiger partial charge in [0.15, 0.2) is 0 Å². The van der Waals surface area contributed by atoms with Crippen LogP contribution >= 0.6 is 0 Å². The van der Waals surface area contributed by atoms with Crippen LogP contribution in [0.4, 0.5) is 0 Å². The number of aliphatic hydroxyl groups is 2. The van der Waals surface area contributed by atoms with Crippen molar-refractivity contribution in [2.75, 3.05) is 13.1 Å². The molecule has 0 aromatic carbocycles. The molecule has 0 spiro atoms. The summed E-state index contributed by atoms with van der Waals surface area (Å²) >= 11 is 0. The SMILES string of the molecule is NCCC(O)CC(O)CCN. The second-order valence-corrected chi connectivity index (χ2v) is 2.70. The van der Waals surface area contributed by atoms with Gasteiger partial charge in [-0.15, -0.1) is 0 Å². The lowest BCUT2D eigenvalue weighted by molar-refractivity contribution is 0.0738. The molecule has 0 radical (unpaired) electrons. The lowest BCUT2D eigenvalue weighted by Gasteiger charge is -2.13. The van der Waals surface area contributed by atoms with Crippen molar-refractivity contribution in [3.8, 4) is 0 Å². The quantitative estimate of drug-likeness (QED) is 0.394. The molecule has 0 aliphatic heterocycles. The standard InChI is InChI=1S/C7H18N2O2/c8-3-1-6(10)5-7(11)2-4-9/h6-7,10-11H,1-5,8-9H2. The topological polar surface area (TPSA) is 92.5 Å². The lowest BCUT2D eigenvalue weighted by atomic mass is 10.1. The zero-order chi connectivity index (χ0) is 8.69. The molecule has 0 fully saturated rings. The molecule has 4 heteroatoms. The van der Waals surface area contributed by atoms with Gasteiger partial charge in [0.2, 0.25) is 0 Å². The highest BCUT2D eigenvalue weighted by molar-refractivity contribution is 4.63. The van der Waals surface area contributed by atoms with Crippen LogP contribution in [-0.2, 0) is 0 Å². The van der Waals surface area contributed by atoms with E-state index in [-0.39, 0.29) is 0 Å². The second-order valence-electron chi connectivity index (χ2n) is 2.70. The Hall–Kier alpha value is -0.160. The molecule has 2 atom stereocenters. The van der Waals surface area contributed by atoms with Gasteiger partial charge in [0.1, 0.15) is 0 Å². The molecule has 11 heavy (non-hydrogen) atoms. The fourth-order valence-electron chi connectivity index (χ4n) is 0.935. The molecule has 0 rings (SSSR count). The Morgan fingerprint density at radius 1 is 0.909 bits per heavy atom. The van der Waals surface area contributed by atoms with Crippen LogP contribution in [0, 0.1) is 0 Å². The molecule has 0 amide bonds. The average molecular weight is 162 g/mol. The van der Waals surface area contributed by atoms with Gasteiger partial charge in [-0.25, -0.2) is 0 Å². The minimum atomic E-state index is -0.485. The third-order valence-electron chi connectivity index (χ3n) is 1.54. The zero-order valence-corrected chi connectivity index (χ0v) is 6.74. The van der Waals surface area contributed by atoms with Gasteiger partial charge in [-0.1, -0.05) is 0 Å². The first-order chi connectivity index (χ1) is 5.20. The molecule has 0 heterocycles. The van der Waals surface area contributed by atoms with Gasteiger partial charge in [-0.3, -0.25) is 0 Å². The Morgan fingerprint density at radius 3 is 1.55 bits per heavy atom.